The van der Waals surface area contributed by atoms with Crippen LogP contribution in [0.3, 0.4) is 0 Å². The Kier molecular flexibility index (Phi) is 5.26. The van der Waals surface area contributed by atoms with Crippen LogP contribution >= 0.6 is 0 Å². The molecule has 1 saturated heterocycles. The standard InChI is InChI=1S/C16H26N2O2/c1-12-9-14(17-2)7-8-18(12)11-13-5-6-15(19-3)16(10-13)20-4/h5-6,10,12,14,17H,7-9,11H2,1-4H3. The summed E-state index contributed by atoms with van der Waals surface area (Å²) in [5.74, 6) is 1.60. The Morgan fingerprint density at radius 1 is 1.25 bits per heavy atom. The van der Waals surface area contributed by atoms with Crippen molar-refractivity contribution in [1.29, 1.82) is 0 Å². The topological polar surface area (TPSA) is 33.7 Å². The maximum Gasteiger partial charge on any atom is 0.161 e. The summed E-state index contributed by atoms with van der Waals surface area (Å²) in [5.41, 5.74) is 1.28. The van der Waals surface area contributed by atoms with Gasteiger partial charge in [-0.05, 0) is 44.5 Å². The first-order valence-corrected chi connectivity index (χ1v) is 7.30. The van der Waals surface area contributed by atoms with E-state index in [1.54, 1.807) is 14.2 Å². The number of nitrogens with one attached hydrogen (secondary N) is 1. The summed E-state index contributed by atoms with van der Waals surface area (Å²) < 4.78 is 10.7. The molecule has 1 fully saturated rings. The van der Waals surface area contributed by atoms with E-state index in [4.69, 9.17) is 9.47 Å². The zero-order valence-corrected chi connectivity index (χ0v) is 13.0. The predicted molar refractivity (Wildman–Crippen MR) is 81.5 cm³/mol. The number of rotatable bonds is 5. The molecule has 2 unspecified atom stereocenters. The van der Waals surface area contributed by atoms with Crippen LogP contribution in [0.25, 0.3) is 0 Å². The fraction of sp³-hybridized carbons (Fsp3) is 0.625. The molecule has 2 atom stereocenters. The van der Waals surface area contributed by atoms with Gasteiger partial charge < -0.3 is 14.8 Å². The largest absolute Gasteiger partial charge is 0.493 e. The van der Waals surface area contributed by atoms with Crippen molar-refractivity contribution in [3.05, 3.63) is 23.8 Å². The Balaban J connectivity index is 2.03. The Bertz CT molecular complexity index is 436. The molecule has 1 heterocycles. The molecule has 0 spiro atoms. The summed E-state index contributed by atoms with van der Waals surface area (Å²) in [7, 11) is 5.41. The van der Waals surface area contributed by atoms with Crippen molar-refractivity contribution in [3.8, 4) is 11.5 Å². The highest BCUT2D eigenvalue weighted by atomic mass is 16.5. The van der Waals surface area contributed by atoms with Gasteiger partial charge in [-0.25, -0.2) is 0 Å². The van der Waals surface area contributed by atoms with Crippen molar-refractivity contribution >= 4 is 0 Å². The maximum atomic E-state index is 5.37. The van der Waals surface area contributed by atoms with Crippen LogP contribution in [-0.4, -0.2) is 44.8 Å². The monoisotopic (exact) mass is 278 g/mol. The van der Waals surface area contributed by atoms with E-state index in [0.29, 0.717) is 12.1 Å². The van der Waals surface area contributed by atoms with Gasteiger partial charge >= 0.3 is 0 Å². The summed E-state index contributed by atoms with van der Waals surface area (Å²) >= 11 is 0. The Morgan fingerprint density at radius 2 is 2.00 bits per heavy atom. The summed E-state index contributed by atoms with van der Waals surface area (Å²) in [5, 5.41) is 3.39. The molecule has 0 radical (unpaired) electrons. The van der Waals surface area contributed by atoms with E-state index < -0.39 is 0 Å². The van der Waals surface area contributed by atoms with Gasteiger partial charge in [-0.2, -0.15) is 0 Å². The lowest BCUT2D eigenvalue weighted by Gasteiger charge is -2.37. The zero-order chi connectivity index (χ0) is 14.5. The van der Waals surface area contributed by atoms with Gasteiger partial charge in [0, 0.05) is 25.2 Å². The van der Waals surface area contributed by atoms with E-state index in [9.17, 15) is 0 Å². The average molecular weight is 278 g/mol. The minimum absolute atomic E-state index is 0.606. The Labute approximate surface area is 122 Å². The summed E-state index contributed by atoms with van der Waals surface area (Å²) in [6, 6.07) is 7.45. The zero-order valence-electron chi connectivity index (χ0n) is 13.0. The van der Waals surface area contributed by atoms with E-state index in [1.165, 1.54) is 18.4 Å². The summed E-state index contributed by atoms with van der Waals surface area (Å²) in [6.07, 6.45) is 2.43. The molecule has 4 heteroatoms. The van der Waals surface area contributed by atoms with E-state index in [0.717, 1.165) is 24.6 Å². The third-order valence-corrected chi connectivity index (χ3v) is 4.26. The van der Waals surface area contributed by atoms with Gasteiger partial charge in [0.15, 0.2) is 11.5 Å². The minimum atomic E-state index is 0.606. The van der Waals surface area contributed by atoms with Crippen molar-refractivity contribution in [3.63, 3.8) is 0 Å². The molecule has 0 amide bonds. The molecule has 0 aliphatic carbocycles. The van der Waals surface area contributed by atoms with Gasteiger partial charge in [0.1, 0.15) is 0 Å². The fourth-order valence-corrected chi connectivity index (χ4v) is 2.93. The third-order valence-electron chi connectivity index (χ3n) is 4.26. The number of nitrogens with zero attached hydrogens (tertiary/aromatic N) is 1. The average Bonchev–Trinajstić information content (AvgIpc) is 2.49. The number of methoxy groups -OCH3 is 2. The van der Waals surface area contributed by atoms with E-state index in [2.05, 4.69) is 36.3 Å². The second kappa shape index (κ2) is 6.95. The molecule has 1 N–H and O–H groups in total. The van der Waals surface area contributed by atoms with Gasteiger partial charge in [0.2, 0.25) is 0 Å². The lowest BCUT2D eigenvalue weighted by atomic mass is 9.98. The highest BCUT2D eigenvalue weighted by molar-refractivity contribution is 5.42. The molecule has 1 aliphatic heterocycles. The Morgan fingerprint density at radius 3 is 2.60 bits per heavy atom. The van der Waals surface area contributed by atoms with Crippen molar-refractivity contribution in [2.75, 3.05) is 27.8 Å². The molecular formula is C16H26N2O2. The number of benzene rings is 1. The second-order valence-electron chi connectivity index (χ2n) is 5.52. The molecule has 4 nitrogen and oxygen atoms in total. The highest BCUT2D eigenvalue weighted by Crippen LogP contribution is 2.29. The highest BCUT2D eigenvalue weighted by Gasteiger charge is 2.24. The molecule has 112 valence electrons. The summed E-state index contributed by atoms with van der Waals surface area (Å²) in [4.78, 5) is 2.54. The number of hydrogen-bond acceptors (Lipinski definition) is 4. The molecule has 0 aromatic heterocycles. The van der Waals surface area contributed by atoms with Crippen LogP contribution in [0.4, 0.5) is 0 Å². The predicted octanol–water partition coefficient (Wildman–Crippen LogP) is 2.28. The second-order valence-corrected chi connectivity index (χ2v) is 5.52. The molecule has 0 saturated carbocycles. The molecule has 1 aromatic rings. The van der Waals surface area contributed by atoms with Crippen molar-refractivity contribution in [2.45, 2.75) is 38.4 Å². The van der Waals surface area contributed by atoms with E-state index in [-0.39, 0.29) is 0 Å². The SMILES string of the molecule is CNC1CCN(Cc2ccc(OC)c(OC)c2)C(C)C1. The Hall–Kier alpha value is -1.26. The summed E-state index contributed by atoms with van der Waals surface area (Å²) in [6.45, 7) is 4.42. The fourth-order valence-electron chi connectivity index (χ4n) is 2.93. The van der Waals surface area contributed by atoms with Crippen molar-refractivity contribution in [2.24, 2.45) is 0 Å². The van der Waals surface area contributed by atoms with Crippen LogP contribution in [0.15, 0.2) is 18.2 Å². The molecular weight excluding hydrogens is 252 g/mol. The van der Waals surface area contributed by atoms with Crippen LogP contribution in [0, 0.1) is 0 Å². The van der Waals surface area contributed by atoms with Crippen LogP contribution in [0.1, 0.15) is 25.3 Å². The molecule has 1 aliphatic rings. The van der Waals surface area contributed by atoms with Crippen LogP contribution in [0.2, 0.25) is 0 Å². The molecule has 20 heavy (non-hydrogen) atoms. The first-order chi connectivity index (χ1) is 9.67. The van der Waals surface area contributed by atoms with Crippen LogP contribution in [-0.2, 0) is 6.54 Å². The number of hydrogen-bond donors (Lipinski definition) is 1. The maximum absolute atomic E-state index is 5.37. The van der Waals surface area contributed by atoms with Gasteiger partial charge in [-0.3, -0.25) is 4.90 Å². The smallest absolute Gasteiger partial charge is 0.161 e. The normalized spacial score (nSPS) is 23.6. The van der Waals surface area contributed by atoms with Crippen LogP contribution in [0.5, 0.6) is 11.5 Å². The lowest BCUT2D eigenvalue weighted by Crippen LogP contribution is -2.46. The van der Waals surface area contributed by atoms with Gasteiger partial charge in [0.25, 0.3) is 0 Å². The number of ether oxygens (including phenoxy) is 2. The van der Waals surface area contributed by atoms with Gasteiger partial charge in [0.05, 0.1) is 14.2 Å². The minimum Gasteiger partial charge on any atom is -0.493 e. The van der Waals surface area contributed by atoms with Gasteiger partial charge in [-0.15, -0.1) is 0 Å². The van der Waals surface area contributed by atoms with E-state index in [1.807, 2.05) is 6.07 Å². The lowest BCUT2D eigenvalue weighted by molar-refractivity contribution is 0.131. The number of piperidine rings is 1. The molecule has 0 bridgehead atoms. The molecule has 2 rings (SSSR count). The quantitative estimate of drug-likeness (QED) is 0.896. The van der Waals surface area contributed by atoms with Gasteiger partial charge in [-0.1, -0.05) is 6.07 Å². The number of likely N-dealkylation sites (tertiary alicyclic amines) is 1. The van der Waals surface area contributed by atoms with Crippen molar-refractivity contribution < 1.29 is 9.47 Å². The van der Waals surface area contributed by atoms with E-state index >= 15 is 0 Å². The van der Waals surface area contributed by atoms with Crippen LogP contribution < -0.4 is 14.8 Å². The molecule has 1 aromatic carbocycles. The first-order valence-electron chi connectivity index (χ1n) is 7.30. The third kappa shape index (κ3) is 3.44. The van der Waals surface area contributed by atoms with Crippen molar-refractivity contribution in [1.82, 2.24) is 10.2 Å². The first kappa shape index (κ1) is 15.1.